The predicted molar refractivity (Wildman–Crippen MR) is 64.4 cm³/mol. The number of carbonyl (C=O) groups excluding carboxylic acids is 1. The molecule has 1 rings (SSSR count). The molecule has 5 nitrogen and oxygen atoms in total. The molecule has 2 atom stereocenters. The largest absolute Gasteiger partial charge is 0.480 e. The van der Waals surface area contributed by atoms with Crippen LogP contribution in [0.25, 0.3) is 0 Å². The summed E-state index contributed by atoms with van der Waals surface area (Å²) in [5, 5.41) is 11.9. The van der Waals surface area contributed by atoms with Crippen molar-refractivity contribution in [1.29, 1.82) is 0 Å². The summed E-state index contributed by atoms with van der Waals surface area (Å²) in [6.45, 7) is 3.55. The maximum Gasteiger partial charge on any atom is 0.329 e. The van der Waals surface area contributed by atoms with Gasteiger partial charge in [0, 0.05) is 12.0 Å². The zero-order valence-corrected chi connectivity index (χ0v) is 10.5. The highest BCUT2D eigenvalue weighted by Crippen LogP contribution is 2.26. The van der Waals surface area contributed by atoms with Gasteiger partial charge in [-0.05, 0) is 32.1 Å². The first-order valence-corrected chi connectivity index (χ1v) is 6.26. The van der Waals surface area contributed by atoms with Crippen molar-refractivity contribution in [3.63, 3.8) is 0 Å². The summed E-state index contributed by atoms with van der Waals surface area (Å²) < 4.78 is 0. The third-order valence-corrected chi connectivity index (χ3v) is 3.82. The lowest BCUT2D eigenvalue weighted by molar-refractivity contribution is -0.148. The molecule has 5 heteroatoms. The van der Waals surface area contributed by atoms with Gasteiger partial charge in [0.05, 0.1) is 0 Å². The van der Waals surface area contributed by atoms with Gasteiger partial charge in [-0.15, -0.1) is 0 Å². The molecule has 0 heterocycles. The molecule has 0 saturated heterocycles. The van der Waals surface area contributed by atoms with E-state index in [0.29, 0.717) is 19.3 Å². The van der Waals surface area contributed by atoms with Crippen LogP contribution >= 0.6 is 0 Å². The van der Waals surface area contributed by atoms with Gasteiger partial charge in [-0.25, -0.2) is 4.79 Å². The van der Waals surface area contributed by atoms with Crippen LogP contribution in [0.5, 0.6) is 0 Å². The van der Waals surface area contributed by atoms with Crippen LogP contribution in [0.2, 0.25) is 0 Å². The fourth-order valence-corrected chi connectivity index (χ4v) is 2.38. The van der Waals surface area contributed by atoms with Gasteiger partial charge < -0.3 is 16.2 Å². The summed E-state index contributed by atoms with van der Waals surface area (Å²) in [5.74, 6) is -1.25. The summed E-state index contributed by atoms with van der Waals surface area (Å²) in [7, 11) is 0. The second-order valence-corrected chi connectivity index (χ2v) is 4.85. The van der Waals surface area contributed by atoms with E-state index in [9.17, 15) is 14.7 Å². The van der Waals surface area contributed by atoms with Gasteiger partial charge in [-0.1, -0.05) is 13.8 Å². The molecule has 4 N–H and O–H groups in total. The van der Waals surface area contributed by atoms with Gasteiger partial charge in [0.15, 0.2) is 0 Å². The quantitative estimate of drug-likeness (QED) is 0.667. The van der Waals surface area contributed by atoms with E-state index >= 15 is 0 Å². The number of carboxylic acid groups (broad SMARTS) is 1. The number of hydrogen-bond acceptors (Lipinski definition) is 3. The first kappa shape index (κ1) is 14.0. The van der Waals surface area contributed by atoms with Crippen LogP contribution in [0.3, 0.4) is 0 Å². The van der Waals surface area contributed by atoms with Crippen LogP contribution in [0.1, 0.15) is 46.0 Å². The number of amides is 1. The Bertz CT molecular complexity index is 300. The normalized spacial score (nSPS) is 24.6. The molecule has 1 fully saturated rings. The van der Waals surface area contributed by atoms with Crippen molar-refractivity contribution in [3.05, 3.63) is 0 Å². The first-order valence-electron chi connectivity index (χ1n) is 6.26. The minimum absolute atomic E-state index is 0.0771. The molecule has 0 aromatic heterocycles. The van der Waals surface area contributed by atoms with E-state index in [0.717, 1.165) is 12.8 Å². The van der Waals surface area contributed by atoms with E-state index in [1.165, 1.54) is 0 Å². The molecule has 0 aliphatic heterocycles. The molecule has 1 aliphatic rings. The fourth-order valence-electron chi connectivity index (χ4n) is 2.38. The van der Waals surface area contributed by atoms with Crippen molar-refractivity contribution in [2.45, 2.75) is 57.5 Å². The van der Waals surface area contributed by atoms with Crippen molar-refractivity contribution >= 4 is 11.9 Å². The van der Waals surface area contributed by atoms with E-state index in [2.05, 4.69) is 5.32 Å². The molecular formula is C12H22N2O3. The summed E-state index contributed by atoms with van der Waals surface area (Å²) in [6.07, 6.45) is 3.05. The molecule has 0 bridgehead atoms. The Labute approximate surface area is 102 Å². The van der Waals surface area contributed by atoms with Gasteiger partial charge in [0.25, 0.3) is 0 Å². The smallest absolute Gasteiger partial charge is 0.329 e. The number of rotatable bonds is 5. The van der Waals surface area contributed by atoms with E-state index in [-0.39, 0.29) is 17.9 Å². The Balaban J connectivity index is 2.68. The lowest BCUT2D eigenvalue weighted by atomic mass is 9.91. The Hall–Kier alpha value is -1.10. The summed E-state index contributed by atoms with van der Waals surface area (Å²) in [5.41, 5.74) is 4.63. The van der Waals surface area contributed by atoms with Crippen molar-refractivity contribution in [1.82, 2.24) is 5.32 Å². The molecule has 0 aromatic rings. The summed E-state index contributed by atoms with van der Waals surface area (Å²) >= 11 is 0. The molecule has 0 spiro atoms. The molecule has 0 aromatic carbocycles. The van der Waals surface area contributed by atoms with Gasteiger partial charge in [-0.3, -0.25) is 4.79 Å². The molecule has 1 saturated carbocycles. The fraction of sp³-hybridized carbons (Fsp3) is 0.833. The van der Waals surface area contributed by atoms with Gasteiger partial charge in [0.1, 0.15) is 5.54 Å². The van der Waals surface area contributed by atoms with Crippen LogP contribution < -0.4 is 11.1 Å². The zero-order valence-electron chi connectivity index (χ0n) is 10.5. The van der Waals surface area contributed by atoms with Crippen molar-refractivity contribution in [2.75, 3.05) is 0 Å². The minimum atomic E-state index is -1.12. The Morgan fingerprint density at radius 1 is 1.35 bits per heavy atom. The molecule has 1 aliphatic carbocycles. The minimum Gasteiger partial charge on any atom is -0.480 e. The van der Waals surface area contributed by atoms with Crippen LogP contribution in [-0.4, -0.2) is 28.6 Å². The van der Waals surface area contributed by atoms with Crippen LogP contribution in [0.4, 0.5) is 0 Å². The molecule has 0 radical (unpaired) electrons. The summed E-state index contributed by atoms with van der Waals surface area (Å²) in [6, 6.07) is 0.0771. The third-order valence-electron chi connectivity index (χ3n) is 3.82. The Morgan fingerprint density at radius 2 is 1.94 bits per heavy atom. The molecule has 2 unspecified atom stereocenters. The second kappa shape index (κ2) is 5.49. The molecule has 98 valence electrons. The number of carboxylic acids is 1. The second-order valence-electron chi connectivity index (χ2n) is 4.85. The Morgan fingerprint density at radius 3 is 2.29 bits per heavy atom. The van der Waals surface area contributed by atoms with Crippen LogP contribution in [0.15, 0.2) is 0 Å². The van der Waals surface area contributed by atoms with E-state index in [1.807, 2.05) is 0 Å². The predicted octanol–water partition coefficient (Wildman–Crippen LogP) is 0.873. The molecular weight excluding hydrogens is 220 g/mol. The lowest BCUT2D eigenvalue weighted by Gasteiger charge is -2.29. The Kier molecular flexibility index (Phi) is 4.51. The maximum absolute atomic E-state index is 12.0. The van der Waals surface area contributed by atoms with Crippen LogP contribution in [-0.2, 0) is 9.59 Å². The number of aliphatic carboxylic acids is 1. The standard InChI is InChI=1S/C12H22N2O3/c1-3-12(4-2,11(16)17)14-10(15)8-5-6-9(13)7-8/h8-9H,3-7,13H2,1-2H3,(H,14,15)(H,16,17). The van der Waals surface area contributed by atoms with Crippen molar-refractivity contribution < 1.29 is 14.7 Å². The average Bonchev–Trinajstić information content (AvgIpc) is 2.72. The monoisotopic (exact) mass is 242 g/mol. The van der Waals surface area contributed by atoms with E-state index in [1.54, 1.807) is 13.8 Å². The van der Waals surface area contributed by atoms with E-state index < -0.39 is 11.5 Å². The number of nitrogens with two attached hydrogens (primary N) is 1. The highest BCUT2D eigenvalue weighted by Gasteiger charge is 2.39. The third kappa shape index (κ3) is 2.97. The topological polar surface area (TPSA) is 92.4 Å². The van der Waals surface area contributed by atoms with Crippen molar-refractivity contribution in [3.8, 4) is 0 Å². The first-order chi connectivity index (χ1) is 7.95. The SMILES string of the molecule is CCC(CC)(NC(=O)C1CCC(N)C1)C(=O)O. The number of hydrogen-bond donors (Lipinski definition) is 3. The zero-order chi connectivity index (χ0) is 13.1. The van der Waals surface area contributed by atoms with Gasteiger partial charge >= 0.3 is 5.97 Å². The lowest BCUT2D eigenvalue weighted by Crippen LogP contribution is -2.55. The molecule has 1 amide bonds. The van der Waals surface area contributed by atoms with Gasteiger partial charge in [-0.2, -0.15) is 0 Å². The molecule has 17 heavy (non-hydrogen) atoms. The highest BCUT2D eigenvalue weighted by atomic mass is 16.4. The maximum atomic E-state index is 12.0. The summed E-state index contributed by atoms with van der Waals surface area (Å²) in [4.78, 5) is 23.3. The van der Waals surface area contributed by atoms with Crippen molar-refractivity contribution in [2.24, 2.45) is 11.7 Å². The van der Waals surface area contributed by atoms with Gasteiger partial charge in [0.2, 0.25) is 5.91 Å². The number of carbonyl (C=O) groups is 2. The number of nitrogens with one attached hydrogen (secondary N) is 1. The van der Waals surface area contributed by atoms with E-state index in [4.69, 9.17) is 5.73 Å². The van der Waals surface area contributed by atoms with Crippen LogP contribution in [0, 0.1) is 5.92 Å². The highest BCUT2D eigenvalue weighted by molar-refractivity contribution is 5.88. The average molecular weight is 242 g/mol.